The minimum atomic E-state index is -4.55. The van der Waals surface area contributed by atoms with E-state index in [1.165, 1.54) is 18.2 Å². The molecule has 72 valence electrons. The number of phosphoric ester groups is 1. The summed E-state index contributed by atoms with van der Waals surface area (Å²) in [5, 5.41) is 0.0586. The van der Waals surface area contributed by atoms with Gasteiger partial charge in [0.15, 0.2) is 0 Å². The number of rotatable bonds is 2. The van der Waals surface area contributed by atoms with E-state index in [0.29, 0.717) is 5.69 Å². The fraction of sp³-hybridized carbons (Fsp3) is 0. The number of hydrogen-bond acceptors (Lipinski definition) is 3. The maximum atomic E-state index is 10.4. The Morgan fingerprint density at radius 1 is 1.46 bits per heavy atom. The Kier molecular flexibility index (Phi) is 2.83. The Labute approximate surface area is 79.3 Å². The fourth-order valence-corrected chi connectivity index (χ4v) is 1.42. The molecule has 0 spiro atoms. The predicted molar refractivity (Wildman–Crippen MR) is 48.5 cm³/mol. The van der Waals surface area contributed by atoms with Gasteiger partial charge >= 0.3 is 7.82 Å². The van der Waals surface area contributed by atoms with Gasteiger partial charge in [-0.2, -0.15) is 0 Å². The van der Waals surface area contributed by atoms with Crippen LogP contribution in [-0.2, 0) is 4.57 Å². The number of hydrogen-bond donors (Lipinski definition) is 3. The molecule has 0 saturated heterocycles. The highest BCUT2D eigenvalue weighted by Crippen LogP contribution is 2.40. The van der Waals surface area contributed by atoms with Gasteiger partial charge in [-0.3, -0.25) is 9.79 Å². The average molecular weight is 224 g/mol. The van der Waals surface area contributed by atoms with E-state index in [1.54, 1.807) is 0 Å². The molecule has 0 aromatic heterocycles. The van der Waals surface area contributed by atoms with Gasteiger partial charge in [-0.1, -0.05) is 11.6 Å². The van der Waals surface area contributed by atoms with Crippen LogP contribution in [0.5, 0.6) is 5.75 Å². The lowest BCUT2D eigenvalue weighted by Crippen LogP contribution is -1.92. The quantitative estimate of drug-likeness (QED) is 0.520. The summed E-state index contributed by atoms with van der Waals surface area (Å²) in [6.45, 7) is 0. The summed E-state index contributed by atoms with van der Waals surface area (Å²) in [4.78, 5) is 16.9. The third-order valence-electron chi connectivity index (χ3n) is 1.17. The largest absolute Gasteiger partial charge is 0.524 e. The Hall–Kier alpha value is -0.740. The molecule has 0 aliphatic carbocycles. The molecular formula is C6H7ClNO4P. The maximum Gasteiger partial charge on any atom is 0.524 e. The molecule has 4 N–H and O–H groups in total. The van der Waals surface area contributed by atoms with Gasteiger partial charge in [0.2, 0.25) is 0 Å². The van der Waals surface area contributed by atoms with Gasteiger partial charge in [0.05, 0.1) is 5.02 Å². The number of anilines is 1. The van der Waals surface area contributed by atoms with Crippen molar-refractivity contribution in [2.75, 3.05) is 5.73 Å². The van der Waals surface area contributed by atoms with Crippen molar-refractivity contribution in [1.29, 1.82) is 0 Å². The minimum absolute atomic E-state index is 0.0586. The molecule has 1 rings (SSSR count). The van der Waals surface area contributed by atoms with Crippen LogP contribution in [0.1, 0.15) is 0 Å². The van der Waals surface area contributed by atoms with Crippen LogP contribution in [0.2, 0.25) is 5.02 Å². The van der Waals surface area contributed by atoms with Crippen molar-refractivity contribution in [2.24, 2.45) is 0 Å². The van der Waals surface area contributed by atoms with Crippen molar-refractivity contribution in [2.45, 2.75) is 0 Å². The zero-order valence-electron chi connectivity index (χ0n) is 6.35. The van der Waals surface area contributed by atoms with Crippen molar-refractivity contribution in [1.82, 2.24) is 0 Å². The highest BCUT2D eigenvalue weighted by Gasteiger charge is 2.17. The van der Waals surface area contributed by atoms with Gasteiger partial charge in [-0.15, -0.1) is 0 Å². The van der Waals surface area contributed by atoms with Gasteiger partial charge in [-0.05, 0) is 18.2 Å². The summed E-state index contributed by atoms with van der Waals surface area (Å²) < 4.78 is 14.7. The van der Waals surface area contributed by atoms with Crippen LogP contribution in [0.25, 0.3) is 0 Å². The molecule has 0 amide bonds. The molecule has 0 aliphatic rings. The first-order chi connectivity index (χ1) is 5.88. The molecule has 1 aromatic carbocycles. The monoisotopic (exact) mass is 223 g/mol. The second-order valence-electron chi connectivity index (χ2n) is 2.27. The Morgan fingerprint density at radius 2 is 2.08 bits per heavy atom. The van der Waals surface area contributed by atoms with E-state index in [1.807, 2.05) is 0 Å². The second-order valence-corrected chi connectivity index (χ2v) is 3.84. The Balaban J connectivity index is 2.97. The normalized spacial score (nSPS) is 11.3. The number of halogens is 1. The van der Waals surface area contributed by atoms with Gasteiger partial charge in [0.1, 0.15) is 5.75 Å². The van der Waals surface area contributed by atoms with Gasteiger partial charge in [0, 0.05) is 5.69 Å². The fourth-order valence-electron chi connectivity index (χ4n) is 0.719. The minimum Gasteiger partial charge on any atom is -0.403 e. The van der Waals surface area contributed by atoms with Crippen LogP contribution < -0.4 is 10.3 Å². The summed E-state index contributed by atoms with van der Waals surface area (Å²) in [6, 6.07) is 4.06. The first-order valence-corrected chi connectivity index (χ1v) is 5.09. The molecule has 5 nitrogen and oxygen atoms in total. The molecular weight excluding hydrogens is 216 g/mol. The lowest BCUT2D eigenvalue weighted by molar-refractivity contribution is 0.283. The molecule has 1 aromatic rings. The molecule has 0 saturated carbocycles. The zero-order valence-corrected chi connectivity index (χ0v) is 8.00. The summed E-state index contributed by atoms with van der Waals surface area (Å²) in [5.74, 6) is -0.0933. The van der Waals surface area contributed by atoms with Crippen LogP contribution in [0.3, 0.4) is 0 Å². The first kappa shape index (κ1) is 10.3. The molecule has 0 aliphatic heterocycles. The van der Waals surface area contributed by atoms with E-state index >= 15 is 0 Å². The molecule has 0 fully saturated rings. The lowest BCUT2D eigenvalue weighted by atomic mass is 10.3. The Morgan fingerprint density at radius 3 is 2.54 bits per heavy atom. The van der Waals surface area contributed by atoms with Crippen LogP contribution >= 0.6 is 19.4 Å². The summed E-state index contributed by atoms with van der Waals surface area (Å²) in [7, 11) is -4.55. The second kappa shape index (κ2) is 3.55. The van der Waals surface area contributed by atoms with E-state index < -0.39 is 7.82 Å². The molecule has 13 heavy (non-hydrogen) atoms. The maximum absolute atomic E-state index is 10.4. The number of phosphoric acid groups is 1. The molecule has 0 atom stereocenters. The summed E-state index contributed by atoms with van der Waals surface area (Å²) >= 11 is 5.59. The third-order valence-corrected chi connectivity index (χ3v) is 1.90. The molecule has 0 unspecified atom stereocenters. The van der Waals surface area contributed by atoms with Gasteiger partial charge < -0.3 is 10.3 Å². The van der Waals surface area contributed by atoms with Crippen molar-refractivity contribution in [3.8, 4) is 5.75 Å². The topological polar surface area (TPSA) is 92.8 Å². The lowest BCUT2D eigenvalue weighted by Gasteiger charge is -2.08. The SMILES string of the molecule is Nc1ccc(OP(=O)(O)O)c(Cl)c1. The number of benzene rings is 1. The smallest absolute Gasteiger partial charge is 0.403 e. The highest BCUT2D eigenvalue weighted by molar-refractivity contribution is 7.46. The molecule has 7 heteroatoms. The van der Waals surface area contributed by atoms with Crippen LogP contribution in [0, 0.1) is 0 Å². The summed E-state index contributed by atoms with van der Waals surface area (Å²) in [6.07, 6.45) is 0. The van der Waals surface area contributed by atoms with E-state index in [0.717, 1.165) is 0 Å². The highest BCUT2D eigenvalue weighted by atomic mass is 35.5. The third kappa shape index (κ3) is 3.24. The van der Waals surface area contributed by atoms with Gasteiger partial charge in [-0.25, -0.2) is 4.57 Å². The van der Waals surface area contributed by atoms with E-state index in [-0.39, 0.29) is 10.8 Å². The number of nitrogen functional groups attached to an aromatic ring is 1. The standard InChI is InChI=1S/C6H7ClNO4P/c7-5-3-4(8)1-2-6(5)12-13(9,10)11/h1-3H,8H2,(H2,9,10,11). The van der Waals surface area contributed by atoms with Crippen molar-refractivity contribution in [3.63, 3.8) is 0 Å². The zero-order chi connectivity index (χ0) is 10.1. The van der Waals surface area contributed by atoms with Gasteiger partial charge in [0.25, 0.3) is 0 Å². The molecule has 0 radical (unpaired) electrons. The van der Waals surface area contributed by atoms with Crippen LogP contribution in [0.4, 0.5) is 5.69 Å². The van der Waals surface area contributed by atoms with E-state index in [9.17, 15) is 4.57 Å². The van der Waals surface area contributed by atoms with E-state index in [2.05, 4.69) is 4.52 Å². The first-order valence-electron chi connectivity index (χ1n) is 3.18. The van der Waals surface area contributed by atoms with E-state index in [4.69, 9.17) is 27.1 Å². The van der Waals surface area contributed by atoms with Crippen molar-refractivity contribution < 1.29 is 18.9 Å². The van der Waals surface area contributed by atoms with Crippen molar-refractivity contribution in [3.05, 3.63) is 23.2 Å². The summed E-state index contributed by atoms with van der Waals surface area (Å²) in [5.41, 5.74) is 5.75. The molecule has 0 heterocycles. The van der Waals surface area contributed by atoms with Crippen LogP contribution in [-0.4, -0.2) is 9.79 Å². The van der Waals surface area contributed by atoms with Crippen LogP contribution in [0.15, 0.2) is 18.2 Å². The number of nitrogens with two attached hydrogens (primary N) is 1. The average Bonchev–Trinajstić information content (AvgIpc) is 1.93. The Bertz CT molecular complexity index is 364. The predicted octanol–water partition coefficient (Wildman–Crippen LogP) is 1.39. The molecule has 0 bridgehead atoms. The van der Waals surface area contributed by atoms with Crippen molar-refractivity contribution >= 4 is 25.1 Å².